The van der Waals surface area contributed by atoms with E-state index in [1.165, 1.54) is 0 Å². The van der Waals surface area contributed by atoms with E-state index in [0.29, 0.717) is 13.1 Å². The predicted molar refractivity (Wildman–Crippen MR) is 35.5 cm³/mol. The SMILES string of the molecule is CC[NH-].CC[NH-].[Mg+2]. The first-order valence-corrected chi connectivity index (χ1v) is 2.12. The Morgan fingerprint density at radius 3 is 1.00 bits per heavy atom. The summed E-state index contributed by atoms with van der Waals surface area (Å²) in [6.07, 6.45) is 0. The van der Waals surface area contributed by atoms with Crippen molar-refractivity contribution in [3.63, 3.8) is 0 Å². The molecule has 0 unspecified atom stereocenters. The standard InChI is InChI=1S/2C2H6N.Mg/c2*1-2-3;/h2*3H,2H2,1H3;/q2*-1;+2. The van der Waals surface area contributed by atoms with Crippen molar-refractivity contribution in [3.05, 3.63) is 11.5 Å². The van der Waals surface area contributed by atoms with Crippen LogP contribution in [0.1, 0.15) is 13.8 Å². The van der Waals surface area contributed by atoms with Crippen molar-refractivity contribution in [1.29, 1.82) is 0 Å². The minimum Gasteiger partial charge on any atom is -0.678 e. The van der Waals surface area contributed by atoms with Crippen molar-refractivity contribution in [3.8, 4) is 0 Å². The number of hydrogen-bond donors (Lipinski definition) is 0. The molecule has 0 atom stereocenters. The largest absolute Gasteiger partial charge is 2.00 e. The van der Waals surface area contributed by atoms with Gasteiger partial charge in [-0.05, 0) is 0 Å². The number of nitrogens with one attached hydrogen (secondary N) is 2. The van der Waals surface area contributed by atoms with Gasteiger partial charge in [-0.15, -0.1) is 0 Å². The normalized spacial score (nSPS) is 5.14. The van der Waals surface area contributed by atoms with Gasteiger partial charge in [0.2, 0.25) is 0 Å². The van der Waals surface area contributed by atoms with E-state index in [0.717, 1.165) is 0 Å². The molecule has 7 heavy (non-hydrogen) atoms. The predicted octanol–water partition coefficient (Wildman–Crippen LogP) is 1.74. The van der Waals surface area contributed by atoms with E-state index in [9.17, 15) is 0 Å². The van der Waals surface area contributed by atoms with E-state index in [1.54, 1.807) is 13.8 Å². The first-order valence-electron chi connectivity index (χ1n) is 2.12. The molecule has 0 aliphatic carbocycles. The topological polar surface area (TPSA) is 47.6 Å². The van der Waals surface area contributed by atoms with Gasteiger partial charge in [0.05, 0.1) is 0 Å². The molecule has 0 aromatic heterocycles. The zero-order chi connectivity index (χ0) is 5.41. The van der Waals surface area contributed by atoms with Gasteiger partial charge in [-0.2, -0.15) is 13.1 Å². The Hall–Kier alpha value is 0.686. The first kappa shape index (κ1) is 15.6. The summed E-state index contributed by atoms with van der Waals surface area (Å²) in [7, 11) is 0. The second-order valence-corrected chi connectivity index (χ2v) is 0.707. The molecule has 0 aromatic rings. The van der Waals surface area contributed by atoms with E-state index in [1.807, 2.05) is 0 Å². The third kappa shape index (κ3) is 312. The van der Waals surface area contributed by atoms with Crippen LogP contribution in [0.4, 0.5) is 0 Å². The van der Waals surface area contributed by atoms with Gasteiger partial charge in [-0.3, -0.25) is 0 Å². The molecule has 0 aromatic carbocycles. The molecule has 40 valence electrons. The van der Waals surface area contributed by atoms with Crippen molar-refractivity contribution >= 4 is 23.1 Å². The number of rotatable bonds is 0. The van der Waals surface area contributed by atoms with Crippen molar-refractivity contribution in [2.75, 3.05) is 13.1 Å². The molecular formula is C4H12MgN2. The average molecular weight is 112 g/mol. The first-order chi connectivity index (χ1) is 2.83. The fourth-order valence-electron chi connectivity index (χ4n) is 0. The van der Waals surface area contributed by atoms with Crippen LogP contribution >= 0.6 is 0 Å². The summed E-state index contributed by atoms with van der Waals surface area (Å²) in [5.74, 6) is 0. The van der Waals surface area contributed by atoms with E-state index < -0.39 is 0 Å². The summed E-state index contributed by atoms with van der Waals surface area (Å²) in [6.45, 7) is 4.58. The zero-order valence-corrected chi connectivity index (χ0v) is 6.54. The second-order valence-electron chi connectivity index (χ2n) is 0.707. The molecule has 0 rings (SSSR count). The van der Waals surface area contributed by atoms with Crippen LogP contribution in [0.5, 0.6) is 0 Å². The van der Waals surface area contributed by atoms with Crippen molar-refractivity contribution in [2.24, 2.45) is 0 Å². The molecule has 0 bridgehead atoms. The molecule has 2 nitrogen and oxygen atoms in total. The summed E-state index contributed by atoms with van der Waals surface area (Å²) in [5.41, 5.74) is 12.4. The fraction of sp³-hybridized carbons (Fsp3) is 1.00. The maximum absolute atomic E-state index is 6.21. The molecule has 2 N–H and O–H groups in total. The third-order valence-corrected chi connectivity index (χ3v) is 0. The van der Waals surface area contributed by atoms with Crippen molar-refractivity contribution in [2.45, 2.75) is 13.8 Å². The van der Waals surface area contributed by atoms with Gasteiger partial charge in [0.1, 0.15) is 0 Å². The van der Waals surface area contributed by atoms with Gasteiger partial charge >= 0.3 is 23.1 Å². The smallest absolute Gasteiger partial charge is 0.678 e. The summed E-state index contributed by atoms with van der Waals surface area (Å²) in [4.78, 5) is 0. The van der Waals surface area contributed by atoms with Crippen LogP contribution in [0.25, 0.3) is 11.5 Å². The van der Waals surface area contributed by atoms with Crippen LogP contribution in [0.15, 0.2) is 0 Å². The minimum atomic E-state index is 0. The Labute approximate surface area is 61.8 Å². The van der Waals surface area contributed by atoms with E-state index in [-0.39, 0.29) is 23.1 Å². The molecule has 0 heterocycles. The van der Waals surface area contributed by atoms with Gasteiger partial charge in [0, 0.05) is 0 Å². The molecule has 0 aliphatic heterocycles. The van der Waals surface area contributed by atoms with Crippen LogP contribution in [0, 0.1) is 0 Å². The summed E-state index contributed by atoms with van der Waals surface area (Å²) in [5, 5.41) is 0. The van der Waals surface area contributed by atoms with Gasteiger partial charge in [-0.25, -0.2) is 0 Å². The summed E-state index contributed by atoms with van der Waals surface area (Å²) < 4.78 is 0. The minimum absolute atomic E-state index is 0. The van der Waals surface area contributed by atoms with Crippen LogP contribution < -0.4 is 0 Å². The second kappa shape index (κ2) is 30.0. The zero-order valence-electron chi connectivity index (χ0n) is 5.12. The third-order valence-electron chi connectivity index (χ3n) is 0. The molecule has 0 amide bonds. The van der Waals surface area contributed by atoms with Gasteiger partial charge in [-0.1, -0.05) is 13.8 Å². The molecule has 0 aliphatic rings. The Morgan fingerprint density at radius 2 is 1.00 bits per heavy atom. The van der Waals surface area contributed by atoms with Gasteiger partial charge in [0.15, 0.2) is 0 Å². The van der Waals surface area contributed by atoms with Crippen LogP contribution in [-0.2, 0) is 0 Å². The maximum Gasteiger partial charge on any atom is 2.00 e. The molecule has 0 radical (unpaired) electrons. The van der Waals surface area contributed by atoms with Gasteiger partial charge < -0.3 is 11.5 Å². The van der Waals surface area contributed by atoms with Crippen molar-refractivity contribution in [1.82, 2.24) is 0 Å². The van der Waals surface area contributed by atoms with Crippen molar-refractivity contribution < 1.29 is 0 Å². The quantitative estimate of drug-likeness (QED) is 0.429. The van der Waals surface area contributed by atoms with Crippen LogP contribution in [0.3, 0.4) is 0 Å². The molecule has 0 saturated heterocycles. The van der Waals surface area contributed by atoms with Crippen LogP contribution in [0.2, 0.25) is 0 Å². The summed E-state index contributed by atoms with van der Waals surface area (Å²) in [6, 6.07) is 0. The molecule has 3 heteroatoms. The molecular weight excluding hydrogens is 100 g/mol. The number of hydrogen-bond acceptors (Lipinski definition) is 0. The molecule has 0 spiro atoms. The Balaban J connectivity index is -0.0000000400. The molecule has 0 saturated carbocycles. The summed E-state index contributed by atoms with van der Waals surface area (Å²) >= 11 is 0. The van der Waals surface area contributed by atoms with E-state index in [2.05, 4.69) is 0 Å². The average Bonchev–Trinajstić information content (AvgIpc) is 1.39. The molecule has 0 fully saturated rings. The monoisotopic (exact) mass is 112 g/mol. The van der Waals surface area contributed by atoms with Gasteiger partial charge in [0.25, 0.3) is 0 Å². The van der Waals surface area contributed by atoms with E-state index in [4.69, 9.17) is 11.5 Å². The fourth-order valence-corrected chi connectivity index (χ4v) is 0. The van der Waals surface area contributed by atoms with E-state index >= 15 is 0 Å². The Bertz CT molecular complexity index is 11.7. The maximum atomic E-state index is 6.21. The van der Waals surface area contributed by atoms with Crippen LogP contribution in [-0.4, -0.2) is 36.1 Å². The Kier molecular flexibility index (Phi) is 67.0. The Morgan fingerprint density at radius 1 is 1.00 bits per heavy atom.